The second kappa shape index (κ2) is 5.90. The summed E-state index contributed by atoms with van der Waals surface area (Å²) >= 11 is 0. The summed E-state index contributed by atoms with van der Waals surface area (Å²) in [5, 5.41) is 0. The van der Waals surface area contributed by atoms with Crippen LogP contribution in [0.1, 0.15) is 33.5 Å². The fraction of sp³-hybridized carbons (Fsp3) is 0.375. The molecule has 1 aromatic carbocycles. The van der Waals surface area contributed by atoms with Crippen LogP contribution in [-0.4, -0.2) is 33.9 Å². The fourth-order valence-electron chi connectivity index (χ4n) is 2.22. The third kappa shape index (κ3) is 2.59. The molecule has 0 saturated carbocycles. The molecular weight excluding hydrogens is 250 g/mol. The number of carbonyl (C=O) groups excluding carboxylic acids is 1. The maximum Gasteiger partial charge on any atom is 0.249 e. The SMILES string of the molecule is CCN(CC)C(=O)/C(C)=C(\C)c1nc2ccccc2[nH]1. The zero-order valence-corrected chi connectivity index (χ0v) is 12.5. The number of aromatic nitrogens is 2. The van der Waals surface area contributed by atoms with Gasteiger partial charge in [-0.2, -0.15) is 0 Å². The molecule has 0 saturated heterocycles. The van der Waals surface area contributed by atoms with Gasteiger partial charge in [-0.15, -0.1) is 0 Å². The van der Waals surface area contributed by atoms with Gasteiger partial charge in [-0.25, -0.2) is 4.98 Å². The van der Waals surface area contributed by atoms with Crippen molar-refractivity contribution in [2.24, 2.45) is 0 Å². The topological polar surface area (TPSA) is 49.0 Å². The number of imidazole rings is 1. The molecule has 0 unspecified atom stereocenters. The molecule has 4 nitrogen and oxygen atoms in total. The van der Waals surface area contributed by atoms with E-state index in [1.54, 1.807) is 0 Å². The number of nitrogens with zero attached hydrogens (tertiary/aromatic N) is 2. The number of hydrogen-bond acceptors (Lipinski definition) is 2. The summed E-state index contributed by atoms with van der Waals surface area (Å²) in [5.74, 6) is 0.845. The van der Waals surface area contributed by atoms with E-state index in [2.05, 4.69) is 9.97 Å². The summed E-state index contributed by atoms with van der Waals surface area (Å²) in [4.78, 5) is 22.0. The minimum absolute atomic E-state index is 0.0768. The van der Waals surface area contributed by atoms with Crippen molar-refractivity contribution in [3.63, 3.8) is 0 Å². The van der Waals surface area contributed by atoms with Gasteiger partial charge in [0.15, 0.2) is 0 Å². The number of fused-ring (bicyclic) bond motifs is 1. The van der Waals surface area contributed by atoms with Gasteiger partial charge in [0.05, 0.1) is 11.0 Å². The Morgan fingerprint density at radius 3 is 2.45 bits per heavy atom. The molecule has 0 radical (unpaired) electrons. The van der Waals surface area contributed by atoms with Crippen LogP contribution < -0.4 is 0 Å². The maximum absolute atomic E-state index is 12.4. The van der Waals surface area contributed by atoms with Gasteiger partial charge < -0.3 is 9.88 Å². The van der Waals surface area contributed by atoms with E-state index in [1.165, 1.54) is 0 Å². The van der Waals surface area contributed by atoms with Crippen LogP contribution in [0.15, 0.2) is 29.8 Å². The largest absolute Gasteiger partial charge is 0.339 e. The first-order chi connectivity index (χ1) is 9.58. The van der Waals surface area contributed by atoms with E-state index in [9.17, 15) is 4.79 Å². The molecule has 0 bridgehead atoms. The lowest BCUT2D eigenvalue weighted by molar-refractivity contribution is -0.126. The van der Waals surface area contributed by atoms with Gasteiger partial charge in [0.1, 0.15) is 5.82 Å². The molecule has 106 valence electrons. The van der Waals surface area contributed by atoms with Crippen LogP contribution >= 0.6 is 0 Å². The molecule has 0 aliphatic heterocycles. The Balaban J connectivity index is 2.39. The average Bonchev–Trinajstić information content (AvgIpc) is 2.90. The average molecular weight is 271 g/mol. The molecule has 2 aromatic rings. The summed E-state index contributed by atoms with van der Waals surface area (Å²) in [6.45, 7) is 9.23. The minimum atomic E-state index is 0.0768. The number of benzene rings is 1. The van der Waals surface area contributed by atoms with Gasteiger partial charge in [0.25, 0.3) is 0 Å². The van der Waals surface area contributed by atoms with E-state index in [0.29, 0.717) is 0 Å². The normalized spacial score (nSPS) is 12.4. The van der Waals surface area contributed by atoms with Crippen LogP contribution in [0.25, 0.3) is 16.6 Å². The Labute approximate surface area is 119 Å². The van der Waals surface area contributed by atoms with Crippen LogP contribution in [0, 0.1) is 0 Å². The highest BCUT2D eigenvalue weighted by Gasteiger charge is 2.16. The molecule has 0 fully saturated rings. The molecule has 0 aliphatic rings. The van der Waals surface area contributed by atoms with Crippen LogP contribution in [0.5, 0.6) is 0 Å². The van der Waals surface area contributed by atoms with Crippen LogP contribution in [0.3, 0.4) is 0 Å². The molecule has 0 aliphatic carbocycles. The quantitative estimate of drug-likeness (QED) is 0.868. The van der Waals surface area contributed by atoms with Gasteiger partial charge in [0.2, 0.25) is 5.91 Å². The van der Waals surface area contributed by atoms with Crippen molar-refractivity contribution in [2.45, 2.75) is 27.7 Å². The fourth-order valence-corrected chi connectivity index (χ4v) is 2.22. The van der Waals surface area contributed by atoms with Gasteiger partial charge >= 0.3 is 0 Å². The van der Waals surface area contributed by atoms with E-state index in [1.807, 2.05) is 56.9 Å². The number of nitrogens with one attached hydrogen (secondary N) is 1. The van der Waals surface area contributed by atoms with Gasteiger partial charge in [-0.1, -0.05) is 12.1 Å². The summed E-state index contributed by atoms with van der Waals surface area (Å²) in [6.07, 6.45) is 0. The Morgan fingerprint density at radius 2 is 1.85 bits per heavy atom. The lowest BCUT2D eigenvalue weighted by atomic mass is 10.1. The van der Waals surface area contributed by atoms with Gasteiger partial charge in [0, 0.05) is 24.2 Å². The standard InChI is InChI=1S/C16H21N3O/c1-5-19(6-2)16(20)12(4)11(3)15-17-13-9-7-8-10-14(13)18-15/h7-10H,5-6H2,1-4H3,(H,17,18)/b12-11+. The molecule has 20 heavy (non-hydrogen) atoms. The monoisotopic (exact) mass is 271 g/mol. The third-order valence-electron chi connectivity index (χ3n) is 3.68. The van der Waals surface area contributed by atoms with Crippen LogP contribution in [0.4, 0.5) is 0 Å². The first kappa shape index (κ1) is 14.3. The Bertz CT molecular complexity index is 618. The third-order valence-corrected chi connectivity index (χ3v) is 3.68. The number of amides is 1. The number of likely N-dealkylation sites (N-methyl/N-ethyl adjacent to an activating group) is 1. The van der Waals surface area contributed by atoms with Crippen LogP contribution in [0.2, 0.25) is 0 Å². The van der Waals surface area contributed by atoms with Crippen molar-refractivity contribution in [2.75, 3.05) is 13.1 Å². The lowest BCUT2D eigenvalue weighted by Gasteiger charge is -2.19. The molecule has 2 rings (SSSR count). The first-order valence-electron chi connectivity index (χ1n) is 7.00. The predicted molar refractivity (Wildman–Crippen MR) is 82.3 cm³/mol. The van der Waals surface area contributed by atoms with Crippen molar-refractivity contribution >= 4 is 22.5 Å². The zero-order valence-electron chi connectivity index (χ0n) is 12.5. The maximum atomic E-state index is 12.4. The Morgan fingerprint density at radius 1 is 1.20 bits per heavy atom. The lowest BCUT2D eigenvalue weighted by Crippen LogP contribution is -2.31. The smallest absolute Gasteiger partial charge is 0.249 e. The highest BCUT2D eigenvalue weighted by Crippen LogP contribution is 2.20. The molecule has 4 heteroatoms. The van der Waals surface area contributed by atoms with Crippen molar-refractivity contribution in [1.29, 1.82) is 0 Å². The predicted octanol–water partition coefficient (Wildman–Crippen LogP) is 3.22. The highest BCUT2D eigenvalue weighted by atomic mass is 16.2. The van der Waals surface area contributed by atoms with E-state index < -0.39 is 0 Å². The summed E-state index contributed by atoms with van der Waals surface area (Å²) in [6, 6.07) is 7.88. The molecule has 1 heterocycles. The van der Waals surface area contributed by atoms with E-state index in [-0.39, 0.29) is 5.91 Å². The number of H-pyrrole nitrogens is 1. The van der Waals surface area contributed by atoms with Crippen molar-refractivity contribution in [3.8, 4) is 0 Å². The molecule has 1 amide bonds. The van der Waals surface area contributed by atoms with Crippen LogP contribution in [-0.2, 0) is 4.79 Å². The van der Waals surface area contributed by atoms with E-state index in [0.717, 1.165) is 41.1 Å². The molecule has 0 atom stereocenters. The van der Waals surface area contributed by atoms with E-state index >= 15 is 0 Å². The Kier molecular flexibility index (Phi) is 4.23. The molecule has 1 N–H and O–H groups in total. The first-order valence-corrected chi connectivity index (χ1v) is 7.00. The van der Waals surface area contributed by atoms with E-state index in [4.69, 9.17) is 0 Å². The number of aromatic amines is 1. The number of hydrogen-bond donors (Lipinski definition) is 1. The minimum Gasteiger partial charge on any atom is -0.339 e. The van der Waals surface area contributed by atoms with Gasteiger partial charge in [-0.05, 0) is 39.8 Å². The highest BCUT2D eigenvalue weighted by molar-refractivity contribution is 6.00. The Hall–Kier alpha value is -2.10. The van der Waals surface area contributed by atoms with Crippen molar-refractivity contribution in [3.05, 3.63) is 35.7 Å². The summed E-state index contributed by atoms with van der Waals surface area (Å²) < 4.78 is 0. The molecule has 1 aromatic heterocycles. The second-order valence-electron chi connectivity index (χ2n) is 4.83. The van der Waals surface area contributed by atoms with Gasteiger partial charge in [-0.3, -0.25) is 4.79 Å². The number of carbonyl (C=O) groups is 1. The second-order valence-corrected chi connectivity index (χ2v) is 4.83. The zero-order chi connectivity index (χ0) is 14.7. The number of allylic oxidation sites excluding steroid dienone is 1. The molecular formula is C16H21N3O. The summed E-state index contributed by atoms with van der Waals surface area (Å²) in [5.41, 5.74) is 3.56. The number of rotatable bonds is 4. The van der Waals surface area contributed by atoms with Crippen molar-refractivity contribution in [1.82, 2.24) is 14.9 Å². The molecule has 0 spiro atoms. The number of para-hydroxylation sites is 2. The summed E-state index contributed by atoms with van der Waals surface area (Å²) in [7, 11) is 0. The van der Waals surface area contributed by atoms with Crippen molar-refractivity contribution < 1.29 is 4.79 Å².